The first-order valence-electron chi connectivity index (χ1n) is 6.04. The van der Waals surface area contributed by atoms with Crippen LogP contribution in [0.2, 0.25) is 5.02 Å². The molecule has 2 amide bonds. The summed E-state index contributed by atoms with van der Waals surface area (Å²) in [5.74, 6) is 0.508. The van der Waals surface area contributed by atoms with Gasteiger partial charge in [0.05, 0.1) is 0 Å². The van der Waals surface area contributed by atoms with Crippen LogP contribution in [-0.2, 0) is 6.42 Å². The van der Waals surface area contributed by atoms with Crippen LogP contribution in [0.3, 0.4) is 0 Å². The number of hydrogen-bond donors (Lipinski definition) is 2. The number of nitrogens with one attached hydrogen (secondary N) is 2. The Labute approximate surface area is 130 Å². The molecule has 0 unspecified atom stereocenters. The average molecular weight is 355 g/mol. The Kier molecular flexibility index (Phi) is 5.38. The second kappa shape index (κ2) is 7.26. The fourth-order valence-corrected chi connectivity index (χ4v) is 2.07. The van der Waals surface area contributed by atoms with Gasteiger partial charge in [0.1, 0.15) is 5.82 Å². The molecule has 2 rings (SSSR count). The summed E-state index contributed by atoms with van der Waals surface area (Å²) in [6.45, 7) is 0.530. The van der Waals surface area contributed by atoms with Crippen molar-refractivity contribution in [3.63, 3.8) is 0 Å². The fraction of sp³-hybridized carbons (Fsp3) is 0.143. The van der Waals surface area contributed by atoms with E-state index in [1.165, 1.54) is 0 Å². The van der Waals surface area contributed by atoms with E-state index in [0.29, 0.717) is 17.4 Å². The maximum Gasteiger partial charge on any atom is 0.320 e. The number of carbonyl (C=O) groups is 1. The first-order valence-corrected chi connectivity index (χ1v) is 7.21. The Morgan fingerprint density at radius 1 is 1.30 bits per heavy atom. The predicted molar refractivity (Wildman–Crippen MR) is 84.1 cm³/mol. The number of carbonyl (C=O) groups excluding carboxylic acids is 1. The zero-order chi connectivity index (χ0) is 14.4. The van der Waals surface area contributed by atoms with E-state index in [9.17, 15) is 4.79 Å². The maximum absolute atomic E-state index is 11.7. The molecule has 6 heteroatoms. The van der Waals surface area contributed by atoms with Gasteiger partial charge in [-0.1, -0.05) is 23.7 Å². The van der Waals surface area contributed by atoms with E-state index in [2.05, 4.69) is 31.5 Å². The second-order valence-corrected chi connectivity index (χ2v) is 5.47. The van der Waals surface area contributed by atoms with Gasteiger partial charge in [-0.05, 0) is 52.2 Å². The number of nitrogens with zero attached hydrogens (tertiary/aromatic N) is 1. The number of rotatable bonds is 4. The van der Waals surface area contributed by atoms with Gasteiger partial charge >= 0.3 is 6.03 Å². The summed E-state index contributed by atoms with van der Waals surface area (Å²) in [6.07, 6.45) is 2.35. The molecule has 20 heavy (non-hydrogen) atoms. The molecule has 104 valence electrons. The quantitative estimate of drug-likeness (QED) is 0.876. The maximum atomic E-state index is 11.7. The van der Waals surface area contributed by atoms with E-state index < -0.39 is 0 Å². The lowest BCUT2D eigenvalue weighted by Crippen LogP contribution is -2.30. The van der Waals surface area contributed by atoms with Crippen molar-refractivity contribution in [2.24, 2.45) is 0 Å². The Hall–Kier alpha value is -1.59. The number of halogens is 2. The monoisotopic (exact) mass is 353 g/mol. The molecule has 2 aromatic rings. The van der Waals surface area contributed by atoms with Crippen molar-refractivity contribution in [2.75, 3.05) is 11.9 Å². The van der Waals surface area contributed by atoms with Gasteiger partial charge < -0.3 is 5.32 Å². The number of anilines is 1. The molecule has 2 N–H and O–H groups in total. The van der Waals surface area contributed by atoms with Gasteiger partial charge in [0.25, 0.3) is 0 Å². The van der Waals surface area contributed by atoms with Gasteiger partial charge in [0.15, 0.2) is 0 Å². The van der Waals surface area contributed by atoms with Crippen molar-refractivity contribution >= 4 is 39.4 Å². The average Bonchev–Trinajstić information content (AvgIpc) is 2.41. The Bertz CT molecular complexity index is 589. The highest BCUT2D eigenvalue weighted by molar-refractivity contribution is 9.10. The standard InChI is InChI=1S/C14H13BrClN3O/c15-11-4-5-13(18-9-11)19-14(20)17-7-6-10-2-1-3-12(16)8-10/h1-5,8-9H,6-7H2,(H2,17,18,19,20). The molecule has 0 aliphatic carbocycles. The van der Waals surface area contributed by atoms with E-state index >= 15 is 0 Å². The zero-order valence-corrected chi connectivity index (χ0v) is 12.9. The fourth-order valence-electron chi connectivity index (χ4n) is 1.62. The first-order chi connectivity index (χ1) is 9.63. The van der Waals surface area contributed by atoms with Crippen LogP contribution in [0.5, 0.6) is 0 Å². The minimum atomic E-state index is -0.276. The molecule has 0 spiro atoms. The molecule has 0 saturated carbocycles. The van der Waals surface area contributed by atoms with Crippen molar-refractivity contribution in [2.45, 2.75) is 6.42 Å². The lowest BCUT2D eigenvalue weighted by Gasteiger charge is -2.07. The molecule has 0 fully saturated rings. The topological polar surface area (TPSA) is 54.0 Å². The Morgan fingerprint density at radius 3 is 2.85 bits per heavy atom. The molecule has 0 saturated heterocycles. The van der Waals surface area contributed by atoms with E-state index in [-0.39, 0.29) is 6.03 Å². The molecule has 1 heterocycles. The summed E-state index contributed by atoms with van der Waals surface area (Å²) in [5, 5.41) is 6.13. The molecule has 0 aliphatic heterocycles. The van der Waals surface area contributed by atoms with Crippen LogP contribution in [0.25, 0.3) is 0 Å². The van der Waals surface area contributed by atoms with Crippen LogP contribution >= 0.6 is 27.5 Å². The van der Waals surface area contributed by atoms with Crippen LogP contribution in [0.4, 0.5) is 10.6 Å². The molecule has 1 aromatic carbocycles. The third kappa shape index (κ3) is 4.83. The lowest BCUT2D eigenvalue weighted by molar-refractivity contribution is 0.252. The SMILES string of the molecule is O=C(NCCc1cccc(Cl)c1)Nc1ccc(Br)cn1. The van der Waals surface area contributed by atoms with Crippen LogP contribution in [0, 0.1) is 0 Å². The van der Waals surface area contributed by atoms with Crippen molar-refractivity contribution < 1.29 is 4.79 Å². The number of urea groups is 1. The van der Waals surface area contributed by atoms with E-state index in [1.807, 2.05) is 30.3 Å². The highest BCUT2D eigenvalue weighted by Crippen LogP contribution is 2.11. The summed E-state index contributed by atoms with van der Waals surface area (Å²) in [4.78, 5) is 15.7. The second-order valence-electron chi connectivity index (χ2n) is 4.12. The summed E-state index contributed by atoms with van der Waals surface area (Å²) in [6, 6.07) is 10.8. The summed E-state index contributed by atoms with van der Waals surface area (Å²) >= 11 is 9.18. The smallest absolute Gasteiger partial charge is 0.320 e. The van der Waals surface area contributed by atoms with Gasteiger partial charge in [0.2, 0.25) is 0 Å². The van der Waals surface area contributed by atoms with Crippen LogP contribution in [-0.4, -0.2) is 17.6 Å². The number of hydrogen-bond acceptors (Lipinski definition) is 2. The number of benzene rings is 1. The molecule has 0 radical (unpaired) electrons. The molecule has 0 aliphatic rings. The van der Waals surface area contributed by atoms with Crippen molar-refractivity contribution in [3.05, 3.63) is 57.7 Å². The molecule has 0 bridgehead atoms. The summed E-state index contributed by atoms with van der Waals surface area (Å²) in [5.41, 5.74) is 1.08. The third-order valence-electron chi connectivity index (χ3n) is 2.56. The minimum Gasteiger partial charge on any atom is -0.337 e. The van der Waals surface area contributed by atoms with Gasteiger partial charge in [0, 0.05) is 22.2 Å². The predicted octanol–water partition coefficient (Wildman–Crippen LogP) is 3.86. The Morgan fingerprint density at radius 2 is 2.15 bits per heavy atom. The van der Waals surface area contributed by atoms with E-state index in [0.717, 1.165) is 16.5 Å². The summed E-state index contributed by atoms with van der Waals surface area (Å²) < 4.78 is 0.865. The molecular formula is C14H13BrClN3O. The van der Waals surface area contributed by atoms with Gasteiger partial charge in [-0.3, -0.25) is 5.32 Å². The third-order valence-corrected chi connectivity index (χ3v) is 3.26. The molecular weight excluding hydrogens is 342 g/mol. The van der Waals surface area contributed by atoms with Crippen molar-refractivity contribution in [3.8, 4) is 0 Å². The number of aromatic nitrogens is 1. The highest BCUT2D eigenvalue weighted by Gasteiger charge is 2.02. The Balaban J connectivity index is 1.76. The summed E-state index contributed by atoms with van der Waals surface area (Å²) in [7, 11) is 0. The van der Waals surface area contributed by atoms with Crippen LogP contribution < -0.4 is 10.6 Å². The highest BCUT2D eigenvalue weighted by atomic mass is 79.9. The van der Waals surface area contributed by atoms with E-state index in [1.54, 1.807) is 12.3 Å². The van der Waals surface area contributed by atoms with Crippen LogP contribution in [0.15, 0.2) is 47.1 Å². The molecule has 0 atom stereocenters. The lowest BCUT2D eigenvalue weighted by atomic mass is 10.1. The molecule has 4 nitrogen and oxygen atoms in total. The largest absolute Gasteiger partial charge is 0.337 e. The van der Waals surface area contributed by atoms with Gasteiger partial charge in [-0.2, -0.15) is 0 Å². The number of amides is 2. The van der Waals surface area contributed by atoms with E-state index in [4.69, 9.17) is 11.6 Å². The van der Waals surface area contributed by atoms with Gasteiger partial charge in [-0.15, -0.1) is 0 Å². The first kappa shape index (κ1) is 14.8. The van der Waals surface area contributed by atoms with Gasteiger partial charge in [-0.25, -0.2) is 9.78 Å². The van der Waals surface area contributed by atoms with Crippen LogP contribution in [0.1, 0.15) is 5.56 Å². The van der Waals surface area contributed by atoms with Crippen molar-refractivity contribution in [1.29, 1.82) is 0 Å². The molecule has 1 aromatic heterocycles. The number of pyridine rings is 1. The minimum absolute atomic E-state index is 0.276. The zero-order valence-electron chi connectivity index (χ0n) is 10.6. The normalized spacial score (nSPS) is 10.1. The van der Waals surface area contributed by atoms with Crippen molar-refractivity contribution in [1.82, 2.24) is 10.3 Å².